The standard InChI is InChI=1S/C16H15N3S/c17-16(10-1-2-10)15-6-5-14(20-15)11-3-4-12-13(9-11)19-8-7-18-12/h3-10,16H,1-2,17H2. The van der Waals surface area contributed by atoms with Gasteiger partial charge in [0.1, 0.15) is 0 Å². The molecule has 100 valence electrons. The van der Waals surface area contributed by atoms with E-state index in [2.05, 4.69) is 34.2 Å². The van der Waals surface area contributed by atoms with Crippen molar-refractivity contribution in [2.24, 2.45) is 11.7 Å². The normalized spacial score (nSPS) is 16.4. The van der Waals surface area contributed by atoms with E-state index in [-0.39, 0.29) is 6.04 Å². The van der Waals surface area contributed by atoms with Gasteiger partial charge in [0.25, 0.3) is 0 Å². The average Bonchev–Trinajstić information content (AvgIpc) is 3.23. The molecule has 1 aromatic carbocycles. The van der Waals surface area contributed by atoms with Gasteiger partial charge in [0.2, 0.25) is 0 Å². The van der Waals surface area contributed by atoms with Gasteiger partial charge in [-0.2, -0.15) is 0 Å². The Hall–Kier alpha value is -1.78. The summed E-state index contributed by atoms with van der Waals surface area (Å²) in [5.41, 5.74) is 9.33. The largest absolute Gasteiger partial charge is 0.323 e. The number of nitrogens with two attached hydrogens (primary N) is 1. The molecule has 3 nitrogen and oxygen atoms in total. The van der Waals surface area contributed by atoms with Crippen molar-refractivity contribution in [3.8, 4) is 10.4 Å². The van der Waals surface area contributed by atoms with E-state index < -0.39 is 0 Å². The number of fused-ring (bicyclic) bond motifs is 1. The Morgan fingerprint density at radius 3 is 2.65 bits per heavy atom. The van der Waals surface area contributed by atoms with E-state index in [1.165, 1.54) is 28.2 Å². The lowest BCUT2D eigenvalue weighted by Crippen LogP contribution is -2.10. The van der Waals surface area contributed by atoms with E-state index in [0.717, 1.165) is 11.0 Å². The molecule has 20 heavy (non-hydrogen) atoms. The zero-order valence-corrected chi connectivity index (χ0v) is 11.8. The van der Waals surface area contributed by atoms with Gasteiger partial charge in [-0.15, -0.1) is 11.3 Å². The molecule has 1 unspecified atom stereocenters. The van der Waals surface area contributed by atoms with Crippen molar-refractivity contribution in [3.05, 3.63) is 47.6 Å². The van der Waals surface area contributed by atoms with E-state index in [1.54, 1.807) is 23.7 Å². The first-order chi connectivity index (χ1) is 9.81. The van der Waals surface area contributed by atoms with E-state index in [4.69, 9.17) is 5.73 Å². The molecule has 0 radical (unpaired) electrons. The third-order valence-corrected chi connectivity index (χ3v) is 5.07. The molecule has 1 atom stereocenters. The summed E-state index contributed by atoms with van der Waals surface area (Å²) in [6.45, 7) is 0. The SMILES string of the molecule is NC(c1ccc(-c2ccc3nccnc3c2)s1)C1CC1. The molecule has 1 saturated carbocycles. The Morgan fingerprint density at radius 1 is 1.05 bits per heavy atom. The summed E-state index contributed by atoms with van der Waals surface area (Å²) in [4.78, 5) is 11.2. The Morgan fingerprint density at radius 2 is 1.85 bits per heavy atom. The van der Waals surface area contributed by atoms with Crippen LogP contribution in [0.25, 0.3) is 21.5 Å². The number of thiophene rings is 1. The summed E-state index contributed by atoms with van der Waals surface area (Å²) >= 11 is 1.80. The summed E-state index contributed by atoms with van der Waals surface area (Å²) in [5.74, 6) is 0.698. The molecule has 1 aliphatic rings. The molecule has 1 aliphatic carbocycles. The number of benzene rings is 1. The van der Waals surface area contributed by atoms with Gasteiger partial charge in [-0.1, -0.05) is 6.07 Å². The van der Waals surface area contributed by atoms with Crippen LogP contribution in [0.4, 0.5) is 0 Å². The monoisotopic (exact) mass is 281 g/mol. The van der Waals surface area contributed by atoms with Crippen LogP contribution in [0, 0.1) is 5.92 Å². The van der Waals surface area contributed by atoms with Gasteiger partial charge in [0.05, 0.1) is 11.0 Å². The number of hydrogen-bond donors (Lipinski definition) is 1. The molecule has 0 spiro atoms. The maximum absolute atomic E-state index is 6.27. The first-order valence-electron chi connectivity index (χ1n) is 6.88. The molecular formula is C16H15N3S. The number of hydrogen-bond acceptors (Lipinski definition) is 4. The second-order valence-electron chi connectivity index (χ2n) is 5.33. The Bertz CT molecular complexity index is 761. The minimum atomic E-state index is 0.217. The van der Waals surface area contributed by atoms with Crippen molar-refractivity contribution in [1.29, 1.82) is 0 Å². The highest BCUT2D eigenvalue weighted by molar-refractivity contribution is 7.15. The minimum Gasteiger partial charge on any atom is -0.323 e. The topological polar surface area (TPSA) is 51.8 Å². The van der Waals surface area contributed by atoms with Gasteiger partial charge in [0, 0.05) is 28.2 Å². The van der Waals surface area contributed by atoms with Crippen molar-refractivity contribution in [2.45, 2.75) is 18.9 Å². The molecule has 0 aliphatic heterocycles. The predicted octanol–water partition coefficient (Wildman–Crippen LogP) is 3.77. The van der Waals surface area contributed by atoms with Crippen molar-refractivity contribution in [2.75, 3.05) is 0 Å². The van der Waals surface area contributed by atoms with Gasteiger partial charge >= 0.3 is 0 Å². The third kappa shape index (κ3) is 2.11. The number of rotatable bonds is 3. The fraction of sp³-hybridized carbons (Fsp3) is 0.250. The maximum atomic E-state index is 6.27. The van der Waals surface area contributed by atoms with Crippen LogP contribution < -0.4 is 5.73 Å². The Balaban J connectivity index is 1.71. The van der Waals surface area contributed by atoms with Crippen molar-refractivity contribution >= 4 is 22.4 Å². The molecule has 2 heterocycles. The first-order valence-corrected chi connectivity index (χ1v) is 7.69. The minimum absolute atomic E-state index is 0.217. The van der Waals surface area contributed by atoms with Gasteiger partial charge < -0.3 is 5.73 Å². The van der Waals surface area contributed by atoms with Gasteiger partial charge in [-0.25, -0.2) is 0 Å². The molecule has 4 rings (SSSR count). The van der Waals surface area contributed by atoms with Crippen LogP contribution in [-0.2, 0) is 0 Å². The fourth-order valence-electron chi connectivity index (χ4n) is 2.49. The molecule has 0 amide bonds. The van der Waals surface area contributed by atoms with E-state index >= 15 is 0 Å². The molecule has 0 saturated heterocycles. The lowest BCUT2D eigenvalue weighted by molar-refractivity contribution is 0.645. The zero-order chi connectivity index (χ0) is 13.5. The Labute approximate surface area is 121 Å². The maximum Gasteiger partial charge on any atom is 0.0893 e. The van der Waals surface area contributed by atoms with Gasteiger partial charge in [0.15, 0.2) is 0 Å². The quantitative estimate of drug-likeness (QED) is 0.795. The second kappa shape index (κ2) is 4.65. The summed E-state index contributed by atoms with van der Waals surface area (Å²) in [6.07, 6.45) is 6.01. The average molecular weight is 281 g/mol. The van der Waals surface area contributed by atoms with Crippen LogP contribution in [0.2, 0.25) is 0 Å². The van der Waals surface area contributed by atoms with Crippen LogP contribution in [0.1, 0.15) is 23.8 Å². The summed E-state index contributed by atoms with van der Waals surface area (Å²) < 4.78 is 0. The molecule has 3 aromatic rings. The van der Waals surface area contributed by atoms with E-state index in [0.29, 0.717) is 5.92 Å². The highest BCUT2D eigenvalue weighted by Gasteiger charge is 2.30. The summed E-state index contributed by atoms with van der Waals surface area (Å²) in [5, 5.41) is 0. The second-order valence-corrected chi connectivity index (χ2v) is 6.44. The number of nitrogens with zero attached hydrogens (tertiary/aromatic N) is 2. The van der Waals surface area contributed by atoms with Crippen molar-refractivity contribution < 1.29 is 0 Å². The van der Waals surface area contributed by atoms with E-state index in [9.17, 15) is 0 Å². The highest BCUT2D eigenvalue weighted by Crippen LogP contribution is 2.42. The van der Waals surface area contributed by atoms with Gasteiger partial charge in [-0.3, -0.25) is 9.97 Å². The van der Waals surface area contributed by atoms with Crippen molar-refractivity contribution in [1.82, 2.24) is 9.97 Å². The predicted molar refractivity (Wildman–Crippen MR) is 82.5 cm³/mol. The molecule has 0 bridgehead atoms. The molecule has 1 fully saturated rings. The first kappa shape index (κ1) is 12.0. The van der Waals surface area contributed by atoms with Crippen LogP contribution in [0.3, 0.4) is 0 Å². The highest BCUT2D eigenvalue weighted by atomic mass is 32.1. The van der Waals surface area contributed by atoms with Crippen LogP contribution in [0.15, 0.2) is 42.7 Å². The van der Waals surface area contributed by atoms with E-state index in [1.807, 2.05) is 6.07 Å². The third-order valence-electron chi connectivity index (χ3n) is 3.84. The van der Waals surface area contributed by atoms with Crippen LogP contribution in [-0.4, -0.2) is 9.97 Å². The lowest BCUT2D eigenvalue weighted by Gasteiger charge is -2.06. The molecular weight excluding hydrogens is 266 g/mol. The fourth-order valence-corrected chi connectivity index (χ4v) is 3.59. The smallest absolute Gasteiger partial charge is 0.0893 e. The zero-order valence-electron chi connectivity index (χ0n) is 11.0. The molecule has 2 N–H and O–H groups in total. The van der Waals surface area contributed by atoms with Crippen LogP contribution >= 0.6 is 11.3 Å². The molecule has 2 aromatic heterocycles. The van der Waals surface area contributed by atoms with Gasteiger partial charge in [-0.05, 0) is 48.6 Å². The Kier molecular flexibility index (Phi) is 2.79. The number of aromatic nitrogens is 2. The summed E-state index contributed by atoms with van der Waals surface area (Å²) in [6, 6.07) is 10.8. The molecule has 4 heteroatoms. The van der Waals surface area contributed by atoms with Crippen molar-refractivity contribution in [3.63, 3.8) is 0 Å². The van der Waals surface area contributed by atoms with Crippen LogP contribution in [0.5, 0.6) is 0 Å². The summed E-state index contributed by atoms with van der Waals surface area (Å²) in [7, 11) is 0. The lowest BCUT2D eigenvalue weighted by atomic mass is 10.1.